The molecule has 1 fully saturated rings. The largest absolute Gasteiger partial charge is 0.444 e. The molecule has 1 aliphatic heterocycles. The lowest BCUT2D eigenvalue weighted by molar-refractivity contribution is 0.0122. The minimum Gasteiger partial charge on any atom is -0.444 e. The number of urea groups is 1. The zero-order valence-electron chi connectivity index (χ0n) is 36.8. The quantitative estimate of drug-likeness (QED) is 0.106. The van der Waals surface area contributed by atoms with Crippen LogP contribution in [0.5, 0.6) is 0 Å². The molecule has 60 heavy (non-hydrogen) atoms. The first kappa shape index (κ1) is 45.4. The lowest BCUT2D eigenvalue weighted by atomic mass is 10.1. The van der Waals surface area contributed by atoms with E-state index in [0.717, 1.165) is 47.4 Å². The average Bonchev–Trinajstić information content (AvgIpc) is 3.66. The Morgan fingerprint density at radius 1 is 0.817 bits per heavy atom. The standard InChI is InChI=1S/C44H65N11O5/c1-9-18-35(10-2)55(42(58)60-44(6,7)8)26-17-24-53(41(57)59-43(3,4)5)23-16-25-54-32-34(49-50-54)31-45-39-47-37-22-15-14-21-36(37)38(48-39)51-27-29-52(30-28-51)40(56)46-33-19-12-11-13-20-33/h11-15,19-22,32,35H,9-10,16-18,23-31H2,1-8H3,(H,46,56)(H,45,47,48). The predicted molar refractivity (Wildman–Crippen MR) is 235 cm³/mol. The Labute approximate surface area is 355 Å². The third-order valence-corrected chi connectivity index (χ3v) is 9.94. The molecule has 1 unspecified atom stereocenters. The van der Waals surface area contributed by atoms with E-state index in [1.54, 1.807) is 9.58 Å². The highest BCUT2D eigenvalue weighted by molar-refractivity contribution is 5.91. The molecule has 5 rings (SSSR count). The fraction of sp³-hybridized carbons (Fsp3) is 0.568. The molecule has 2 aromatic carbocycles. The van der Waals surface area contributed by atoms with Crippen molar-refractivity contribution in [3.63, 3.8) is 0 Å². The maximum absolute atomic E-state index is 13.3. The number of ether oxygens (including phenoxy) is 2. The Hall–Kier alpha value is -5.67. The summed E-state index contributed by atoms with van der Waals surface area (Å²) in [4.78, 5) is 56.8. The maximum atomic E-state index is 13.3. The van der Waals surface area contributed by atoms with Crippen molar-refractivity contribution >= 4 is 46.6 Å². The van der Waals surface area contributed by atoms with Crippen LogP contribution in [0.4, 0.5) is 31.8 Å². The highest BCUT2D eigenvalue weighted by Crippen LogP contribution is 2.27. The van der Waals surface area contributed by atoms with Gasteiger partial charge in [-0.25, -0.2) is 19.4 Å². The lowest BCUT2D eigenvalue weighted by Gasteiger charge is -2.35. The first-order chi connectivity index (χ1) is 28.6. The molecule has 2 aromatic heterocycles. The molecule has 2 N–H and O–H groups in total. The molecule has 0 bridgehead atoms. The van der Waals surface area contributed by atoms with Gasteiger partial charge in [-0.05, 0) is 91.5 Å². The molecular formula is C44H65N11O5. The summed E-state index contributed by atoms with van der Waals surface area (Å²) in [6.45, 7) is 20.0. The number of piperazine rings is 1. The molecule has 326 valence electrons. The number of hydrogen-bond donors (Lipinski definition) is 2. The molecule has 16 nitrogen and oxygen atoms in total. The van der Waals surface area contributed by atoms with E-state index in [0.29, 0.717) is 77.7 Å². The van der Waals surface area contributed by atoms with Gasteiger partial charge < -0.3 is 39.7 Å². The maximum Gasteiger partial charge on any atom is 0.410 e. The number of aryl methyl sites for hydroxylation is 1. The zero-order chi connectivity index (χ0) is 43.3. The summed E-state index contributed by atoms with van der Waals surface area (Å²) in [5.74, 6) is 1.29. The van der Waals surface area contributed by atoms with Crippen molar-refractivity contribution in [3.8, 4) is 0 Å². The van der Waals surface area contributed by atoms with Crippen LogP contribution in [0.1, 0.15) is 93.2 Å². The molecule has 0 spiro atoms. The Morgan fingerprint density at radius 3 is 2.17 bits per heavy atom. The Kier molecular flexibility index (Phi) is 15.9. The number of fused-ring (bicyclic) bond motifs is 1. The van der Waals surface area contributed by atoms with Crippen LogP contribution in [-0.4, -0.2) is 121 Å². The molecular weight excluding hydrogens is 763 g/mol. The second kappa shape index (κ2) is 21.0. The fourth-order valence-electron chi connectivity index (χ4n) is 7.06. The minimum absolute atomic E-state index is 0.0633. The molecule has 0 saturated carbocycles. The number of anilines is 3. The highest BCUT2D eigenvalue weighted by atomic mass is 16.6. The molecule has 4 amide bonds. The second-order valence-electron chi connectivity index (χ2n) is 17.2. The van der Waals surface area contributed by atoms with Crippen LogP contribution in [0.3, 0.4) is 0 Å². The van der Waals surface area contributed by atoms with E-state index in [-0.39, 0.29) is 24.3 Å². The molecule has 3 heterocycles. The highest BCUT2D eigenvalue weighted by Gasteiger charge is 2.29. The van der Waals surface area contributed by atoms with Gasteiger partial charge in [-0.15, -0.1) is 5.10 Å². The van der Waals surface area contributed by atoms with Crippen LogP contribution in [-0.2, 0) is 22.6 Å². The van der Waals surface area contributed by atoms with Crippen LogP contribution < -0.4 is 15.5 Å². The number of hydrogen-bond acceptors (Lipinski definition) is 11. The molecule has 0 radical (unpaired) electrons. The van der Waals surface area contributed by atoms with E-state index in [1.807, 2.05) is 112 Å². The number of aromatic nitrogens is 5. The van der Waals surface area contributed by atoms with Gasteiger partial charge in [0.1, 0.15) is 22.7 Å². The molecule has 16 heteroatoms. The van der Waals surface area contributed by atoms with E-state index in [2.05, 4.69) is 39.7 Å². The third kappa shape index (κ3) is 13.7. The first-order valence-corrected chi connectivity index (χ1v) is 21.4. The molecule has 4 aromatic rings. The number of carbonyl (C=O) groups is 3. The summed E-state index contributed by atoms with van der Waals surface area (Å²) in [5, 5.41) is 16.0. The summed E-state index contributed by atoms with van der Waals surface area (Å²) in [5.41, 5.74) is 1.06. The van der Waals surface area contributed by atoms with Crippen molar-refractivity contribution in [2.75, 3.05) is 61.3 Å². The third-order valence-electron chi connectivity index (χ3n) is 9.94. The van der Waals surface area contributed by atoms with E-state index >= 15 is 0 Å². The van der Waals surface area contributed by atoms with Crippen molar-refractivity contribution in [3.05, 3.63) is 66.5 Å². The van der Waals surface area contributed by atoms with Crippen molar-refractivity contribution < 1.29 is 23.9 Å². The number of benzene rings is 2. The molecule has 0 aliphatic carbocycles. The van der Waals surface area contributed by atoms with Gasteiger partial charge in [-0.3, -0.25) is 4.68 Å². The van der Waals surface area contributed by atoms with Gasteiger partial charge in [0.15, 0.2) is 0 Å². The molecule has 1 saturated heterocycles. The van der Waals surface area contributed by atoms with Crippen LogP contribution in [0.25, 0.3) is 10.9 Å². The normalized spacial score (nSPS) is 13.8. The van der Waals surface area contributed by atoms with Crippen LogP contribution in [0, 0.1) is 0 Å². The van der Waals surface area contributed by atoms with Gasteiger partial charge in [-0.2, -0.15) is 4.98 Å². The predicted octanol–water partition coefficient (Wildman–Crippen LogP) is 8.02. The lowest BCUT2D eigenvalue weighted by Crippen LogP contribution is -2.50. The van der Waals surface area contributed by atoms with Gasteiger partial charge in [0.05, 0.1) is 18.3 Å². The monoisotopic (exact) mass is 828 g/mol. The second-order valence-corrected chi connectivity index (χ2v) is 17.2. The van der Waals surface area contributed by atoms with Crippen LogP contribution in [0.2, 0.25) is 0 Å². The first-order valence-electron chi connectivity index (χ1n) is 21.4. The summed E-state index contributed by atoms with van der Waals surface area (Å²) >= 11 is 0. The van der Waals surface area contributed by atoms with Crippen LogP contribution >= 0.6 is 0 Å². The van der Waals surface area contributed by atoms with Gasteiger partial charge >= 0.3 is 18.2 Å². The smallest absolute Gasteiger partial charge is 0.410 e. The summed E-state index contributed by atoms with van der Waals surface area (Å²) in [6.07, 6.45) is 5.03. The topological polar surface area (TPSA) is 163 Å². The Bertz CT molecular complexity index is 1990. The summed E-state index contributed by atoms with van der Waals surface area (Å²) in [6, 6.07) is 17.3. The number of carbonyl (C=O) groups excluding carboxylic acids is 3. The van der Waals surface area contributed by atoms with E-state index in [9.17, 15) is 14.4 Å². The average molecular weight is 828 g/mol. The number of para-hydroxylation sites is 2. The van der Waals surface area contributed by atoms with E-state index < -0.39 is 11.2 Å². The summed E-state index contributed by atoms with van der Waals surface area (Å²) in [7, 11) is 0. The number of nitrogens with one attached hydrogen (secondary N) is 2. The van der Waals surface area contributed by atoms with Crippen molar-refractivity contribution in [1.82, 2.24) is 39.7 Å². The van der Waals surface area contributed by atoms with Gasteiger partial charge in [0.25, 0.3) is 0 Å². The Balaban J connectivity index is 1.16. The summed E-state index contributed by atoms with van der Waals surface area (Å²) < 4.78 is 13.3. The Morgan fingerprint density at radius 2 is 1.48 bits per heavy atom. The zero-order valence-corrected chi connectivity index (χ0v) is 36.8. The van der Waals surface area contributed by atoms with Gasteiger partial charge in [0, 0.05) is 69.5 Å². The van der Waals surface area contributed by atoms with Crippen molar-refractivity contribution in [2.24, 2.45) is 0 Å². The number of amides is 4. The van der Waals surface area contributed by atoms with Gasteiger partial charge in [-0.1, -0.05) is 55.8 Å². The van der Waals surface area contributed by atoms with Crippen LogP contribution in [0.15, 0.2) is 60.8 Å². The molecule has 1 atom stereocenters. The van der Waals surface area contributed by atoms with Gasteiger partial charge in [0.2, 0.25) is 5.95 Å². The number of rotatable bonds is 17. The fourth-order valence-corrected chi connectivity index (χ4v) is 7.06. The number of nitrogens with zero attached hydrogens (tertiary/aromatic N) is 9. The van der Waals surface area contributed by atoms with E-state index in [4.69, 9.17) is 19.4 Å². The minimum atomic E-state index is -0.647. The van der Waals surface area contributed by atoms with Crippen molar-refractivity contribution in [1.29, 1.82) is 0 Å². The SMILES string of the molecule is CCCC(CC)N(CCCN(CCCn1cc(CNc2nc(N3CCN(C(=O)Nc4ccccc4)CC3)c3ccccc3n2)nn1)C(=O)OC(C)(C)C)C(=O)OC(C)(C)C. The molecule has 1 aliphatic rings. The van der Waals surface area contributed by atoms with E-state index in [1.165, 1.54) is 0 Å². The van der Waals surface area contributed by atoms with Crippen molar-refractivity contribution in [2.45, 2.75) is 118 Å².